The SMILES string of the molecule is Cc1ccc2c3c1C(C)(C)CC3CCC2(C)C. The summed E-state index contributed by atoms with van der Waals surface area (Å²) in [6.45, 7) is 12.0. The van der Waals surface area contributed by atoms with E-state index in [1.807, 2.05) is 0 Å². The zero-order valence-electron chi connectivity index (χ0n) is 11.9. The first-order valence-corrected chi connectivity index (χ1v) is 6.97. The minimum atomic E-state index is 0.384. The summed E-state index contributed by atoms with van der Waals surface area (Å²) < 4.78 is 0. The first kappa shape index (κ1) is 11.3. The third kappa shape index (κ3) is 1.42. The molecule has 1 aromatic carbocycles. The molecule has 0 saturated heterocycles. The number of hydrogen-bond acceptors (Lipinski definition) is 0. The fraction of sp³-hybridized carbons (Fsp3) is 0.647. The van der Waals surface area contributed by atoms with Crippen molar-refractivity contribution in [1.82, 2.24) is 0 Å². The van der Waals surface area contributed by atoms with Crippen molar-refractivity contribution in [3.63, 3.8) is 0 Å². The molecular weight excluding hydrogens is 204 g/mol. The maximum Gasteiger partial charge on any atom is -0.00922 e. The number of benzene rings is 1. The van der Waals surface area contributed by atoms with Crippen LogP contribution in [0.1, 0.15) is 75.1 Å². The molecule has 1 atom stereocenters. The Labute approximate surface area is 105 Å². The molecule has 0 bridgehead atoms. The molecule has 0 amide bonds. The maximum absolute atomic E-state index is 2.43. The van der Waals surface area contributed by atoms with Crippen molar-refractivity contribution >= 4 is 0 Å². The Morgan fingerprint density at radius 3 is 2.47 bits per heavy atom. The molecule has 0 spiro atoms. The van der Waals surface area contributed by atoms with Crippen LogP contribution in [0.3, 0.4) is 0 Å². The zero-order chi connectivity index (χ0) is 12.4. The van der Waals surface area contributed by atoms with Gasteiger partial charge in [0.15, 0.2) is 0 Å². The van der Waals surface area contributed by atoms with Crippen LogP contribution in [0.5, 0.6) is 0 Å². The van der Waals surface area contributed by atoms with Crippen LogP contribution < -0.4 is 0 Å². The van der Waals surface area contributed by atoms with Crippen molar-refractivity contribution < 1.29 is 0 Å². The monoisotopic (exact) mass is 228 g/mol. The zero-order valence-corrected chi connectivity index (χ0v) is 11.9. The molecule has 0 heterocycles. The second-order valence-electron chi connectivity index (χ2n) is 7.43. The van der Waals surface area contributed by atoms with E-state index in [1.54, 1.807) is 16.7 Å². The van der Waals surface area contributed by atoms with Gasteiger partial charge in [0, 0.05) is 0 Å². The summed E-state index contributed by atoms with van der Waals surface area (Å²) >= 11 is 0. The largest absolute Gasteiger partial charge is 0.0587 e. The van der Waals surface area contributed by atoms with Gasteiger partial charge in [-0.25, -0.2) is 0 Å². The van der Waals surface area contributed by atoms with Crippen molar-refractivity contribution in [3.8, 4) is 0 Å². The Hall–Kier alpha value is -0.780. The average molecular weight is 228 g/mol. The average Bonchev–Trinajstić information content (AvgIpc) is 2.48. The topological polar surface area (TPSA) is 0 Å². The molecule has 0 fully saturated rings. The van der Waals surface area contributed by atoms with Gasteiger partial charge in [0.25, 0.3) is 0 Å². The van der Waals surface area contributed by atoms with E-state index in [1.165, 1.54) is 24.8 Å². The summed E-state index contributed by atoms with van der Waals surface area (Å²) in [5, 5.41) is 0. The molecule has 0 radical (unpaired) electrons. The van der Waals surface area contributed by atoms with Crippen LogP contribution in [-0.2, 0) is 10.8 Å². The van der Waals surface area contributed by atoms with Crippen LogP contribution in [0, 0.1) is 6.92 Å². The van der Waals surface area contributed by atoms with Gasteiger partial charge in [0.2, 0.25) is 0 Å². The second-order valence-corrected chi connectivity index (χ2v) is 7.43. The Bertz CT molecular complexity index is 477. The highest BCUT2D eigenvalue weighted by Gasteiger charge is 2.44. The predicted molar refractivity (Wildman–Crippen MR) is 73.8 cm³/mol. The lowest BCUT2D eigenvalue weighted by Crippen LogP contribution is -2.25. The van der Waals surface area contributed by atoms with Crippen LogP contribution in [0.15, 0.2) is 12.1 Å². The van der Waals surface area contributed by atoms with Crippen LogP contribution in [0.25, 0.3) is 0 Å². The first-order chi connectivity index (χ1) is 7.83. The molecule has 17 heavy (non-hydrogen) atoms. The van der Waals surface area contributed by atoms with Gasteiger partial charge in [0.1, 0.15) is 0 Å². The van der Waals surface area contributed by atoms with E-state index in [9.17, 15) is 0 Å². The number of aryl methyl sites for hydroxylation is 1. The molecule has 1 unspecified atom stereocenters. The van der Waals surface area contributed by atoms with Gasteiger partial charge in [-0.15, -0.1) is 0 Å². The third-order valence-electron chi connectivity index (χ3n) is 5.14. The molecular formula is C17H24. The van der Waals surface area contributed by atoms with E-state index in [4.69, 9.17) is 0 Å². The third-order valence-corrected chi connectivity index (χ3v) is 5.14. The lowest BCUT2D eigenvalue weighted by molar-refractivity contribution is 0.373. The van der Waals surface area contributed by atoms with Crippen LogP contribution in [-0.4, -0.2) is 0 Å². The summed E-state index contributed by atoms with van der Waals surface area (Å²) in [5.41, 5.74) is 7.32. The minimum Gasteiger partial charge on any atom is -0.0587 e. The summed E-state index contributed by atoms with van der Waals surface area (Å²) in [5.74, 6) is 0.836. The fourth-order valence-electron chi connectivity index (χ4n) is 4.38. The van der Waals surface area contributed by atoms with E-state index in [-0.39, 0.29) is 0 Å². The van der Waals surface area contributed by atoms with Crippen molar-refractivity contribution in [3.05, 3.63) is 34.4 Å². The lowest BCUT2D eigenvalue weighted by atomic mass is 9.69. The van der Waals surface area contributed by atoms with Crippen molar-refractivity contribution in [2.24, 2.45) is 0 Å². The molecule has 0 heteroatoms. The van der Waals surface area contributed by atoms with Crippen molar-refractivity contribution in [2.75, 3.05) is 0 Å². The van der Waals surface area contributed by atoms with Gasteiger partial charge in [-0.3, -0.25) is 0 Å². The molecule has 3 rings (SSSR count). The van der Waals surface area contributed by atoms with Crippen LogP contribution in [0.2, 0.25) is 0 Å². The molecule has 2 aliphatic rings. The molecule has 0 nitrogen and oxygen atoms in total. The number of rotatable bonds is 0. The van der Waals surface area contributed by atoms with Gasteiger partial charge in [-0.05, 0) is 65.2 Å². The van der Waals surface area contributed by atoms with E-state index >= 15 is 0 Å². The quantitative estimate of drug-likeness (QED) is 0.596. The predicted octanol–water partition coefficient (Wildman–Crippen LogP) is 4.83. The standard InChI is InChI=1S/C17H24/c1-11-6-7-13-14-12(8-9-16(13,2)3)10-17(4,5)15(11)14/h6-7,12H,8-10H2,1-5H3. The highest BCUT2D eigenvalue weighted by atomic mass is 14.5. The van der Waals surface area contributed by atoms with Crippen molar-refractivity contribution in [1.29, 1.82) is 0 Å². The van der Waals surface area contributed by atoms with Crippen LogP contribution in [0.4, 0.5) is 0 Å². The summed E-state index contributed by atoms with van der Waals surface area (Å²) in [4.78, 5) is 0. The molecule has 92 valence electrons. The first-order valence-electron chi connectivity index (χ1n) is 6.97. The van der Waals surface area contributed by atoms with Gasteiger partial charge >= 0.3 is 0 Å². The highest BCUT2D eigenvalue weighted by molar-refractivity contribution is 5.54. The molecule has 0 aliphatic heterocycles. The summed E-state index contributed by atoms with van der Waals surface area (Å²) in [7, 11) is 0. The smallest absolute Gasteiger partial charge is 0.00922 e. The Kier molecular flexibility index (Phi) is 2.10. The normalized spacial score (nSPS) is 27.9. The Morgan fingerprint density at radius 1 is 1.06 bits per heavy atom. The highest BCUT2D eigenvalue weighted by Crippen LogP contribution is 2.56. The number of hydrogen-bond donors (Lipinski definition) is 0. The van der Waals surface area contributed by atoms with Gasteiger partial charge in [-0.2, -0.15) is 0 Å². The van der Waals surface area contributed by atoms with Crippen molar-refractivity contribution in [2.45, 2.75) is 70.6 Å². The summed E-state index contributed by atoms with van der Waals surface area (Å²) in [6.07, 6.45) is 4.10. The summed E-state index contributed by atoms with van der Waals surface area (Å²) in [6, 6.07) is 4.76. The fourth-order valence-corrected chi connectivity index (χ4v) is 4.38. The molecule has 0 N–H and O–H groups in total. The maximum atomic E-state index is 2.43. The van der Waals surface area contributed by atoms with E-state index in [0.29, 0.717) is 10.8 Å². The molecule has 0 aromatic heterocycles. The Balaban J connectivity index is 2.32. The Morgan fingerprint density at radius 2 is 1.76 bits per heavy atom. The van der Waals surface area contributed by atoms with E-state index in [2.05, 4.69) is 46.8 Å². The lowest BCUT2D eigenvalue weighted by Gasteiger charge is -2.36. The van der Waals surface area contributed by atoms with Crippen LogP contribution >= 0.6 is 0 Å². The van der Waals surface area contributed by atoms with E-state index in [0.717, 1.165) is 5.92 Å². The minimum absolute atomic E-state index is 0.384. The molecule has 2 aliphatic carbocycles. The molecule has 1 aromatic rings. The second kappa shape index (κ2) is 3.16. The van der Waals surface area contributed by atoms with Gasteiger partial charge in [-0.1, -0.05) is 39.8 Å². The van der Waals surface area contributed by atoms with Gasteiger partial charge in [0.05, 0.1) is 0 Å². The van der Waals surface area contributed by atoms with E-state index < -0.39 is 0 Å². The van der Waals surface area contributed by atoms with Gasteiger partial charge < -0.3 is 0 Å². The molecule has 0 saturated carbocycles.